The van der Waals surface area contributed by atoms with Gasteiger partial charge in [0.2, 0.25) is 0 Å². The first-order valence-electron chi connectivity index (χ1n) is 4.57. The van der Waals surface area contributed by atoms with Crippen LogP contribution in [0.5, 0.6) is 0 Å². The fraction of sp³-hybridized carbons (Fsp3) is 0.0909. The molecule has 1 heterocycles. The standard InChI is InChI=1S/C11H11FN2S/c12-8-3-1-2-4-10(8)14-7-11-9(13)5-6-15-11/h1-6,14H,7,13H2. The number of nitrogens with two attached hydrogens (primary N) is 1. The van der Waals surface area contributed by atoms with Crippen LogP contribution in [0.3, 0.4) is 0 Å². The fourth-order valence-corrected chi connectivity index (χ4v) is 2.01. The van der Waals surface area contributed by atoms with Gasteiger partial charge in [-0.05, 0) is 23.6 Å². The third-order valence-corrected chi connectivity index (χ3v) is 3.03. The summed E-state index contributed by atoms with van der Waals surface area (Å²) < 4.78 is 13.2. The molecular formula is C11H11FN2S. The first-order chi connectivity index (χ1) is 7.27. The van der Waals surface area contributed by atoms with E-state index in [1.54, 1.807) is 29.5 Å². The zero-order chi connectivity index (χ0) is 10.7. The summed E-state index contributed by atoms with van der Waals surface area (Å²) in [7, 11) is 0. The Labute approximate surface area is 91.5 Å². The van der Waals surface area contributed by atoms with Crippen molar-refractivity contribution >= 4 is 22.7 Å². The highest BCUT2D eigenvalue weighted by atomic mass is 32.1. The Morgan fingerprint density at radius 1 is 1.27 bits per heavy atom. The van der Waals surface area contributed by atoms with Crippen molar-refractivity contribution in [1.82, 2.24) is 0 Å². The van der Waals surface area contributed by atoms with E-state index in [4.69, 9.17) is 5.73 Å². The number of nitrogens with one attached hydrogen (secondary N) is 1. The van der Waals surface area contributed by atoms with E-state index in [0.29, 0.717) is 12.2 Å². The van der Waals surface area contributed by atoms with Gasteiger partial charge in [-0.3, -0.25) is 0 Å². The van der Waals surface area contributed by atoms with Crippen LogP contribution in [-0.4, -0.2) is 0 Å². The normalized spacial score (nSPS) is 10.2. The van der Waals surface area contributed by atoms with Gasteiger partial charge in [0.1, 0.15) is 5.82 Å². The summed E-state index contributed by atoms with van der Waals surface area (Å²) in [4.78, 5) is 1.03. The van der Waals surface area contributed by atoms with Crippen molar-refractivity contribution in [3.05, 3.63) is 46.4 Å². The number of halogens is 1. The predicted octanol–water partition coefficient (Wildman–Crippen LogP) is 3.08. The van der Waals surface area contributed by atoms with Crippen molar-refractivity contribution in [3.63, 3.8) is 0 Å². The predicted molar refractivity (Wildman–Crippen MR) is 62.5 cm³/mol. The number of benzene rings is 1. The van der Waals surface area contributed by atoms with Crippen LogP contribution in [0.1, 0.15) is 4.88 Å². The van der Waals surface area contributed by atoms with Crippen LogP contribution >= 0.6 is 11.3 Å². The molecule has 1 aromatic carbocycles. The molecule has 15 heavy (non-hydrogen) atoms. The van der Waals surface area contributed by atoms with Gasteiger partial charge in [-0.2, -0.15) is 0 Å². The lowest BCUT2D eigenvalue weighted by Crippen LogP contribution is -2.01. The smallest absolute Gasteiger partial charge is 0.146 e. The van der Waals surface area contributed by atoms with Crippen molar-refractivity contribution in [1.29, 1.82) is 0 Å². The number of hydrogen-bond donors (Lipinski definition) is 2. The second-order valence-electron chi connectivity index (χ2n) is 3.13. The highest BCUT2D eigenvalue weighted by Gasteiger charge is 2.02. The van der Waals surface area contributed by atoms with Crippen LogP contribution in [0.15, 0.2) is 35.7 Å². The molecule has 3 N–H and O–H groups in total. The molecular weight excluding hydrogens is 211 g/mol. The van der Waals surface area contributed by atoms with Gasteiger partial charge in [-0.1, -0.05) is 12.1 Å². The molecule has 0 bridgehead atoms. The third kappa shape index (κ3) is 2.27. The van der Waals surface area contributed by atoms with Crippen molar-refractivity contribution in [3.8, 4) is 0 Å². The lowest BCUT2D eigenvalue weighted by Gasteiger charge is -2.06. The van der Waals surface area contributed by atoms with E-state index in [9.17, 15) is 4.39 Å². The van der Waals surface area contributed by atoms with E-state index in [1.165, 1.54) is 6.07 Å². The average molecular weight is 222 g/mol. The third-order valence-electron chi connectivity index (χ3n) is 2.09. The summed E-state index contributed by atoms with van der Waals surface area (Å²) in [5, 5.41) is 4.94. The molecule has 2 aromatic rings. The molecule has 0 aliphatic carbocycles. The monoisotopic (exact) mass is 222 g/mol. The summed E-state index contributed by atoms with van der Waals surface area (Å²) in [6, 6.07) is 8.45. The second kappa shape index (κ2) is 4.31. The number of thiophene rings is 1. The summed E-state index contributed by atoms with van der Waals surface area (Å²) in [5.41, 5.74) is 6.98. The molecule has 2 nitrogen and oxygen atoms in total. The Kier molecular flexibility index (Phi) is 2.87. The van der Waals surface area contributed by atoms with Crippen LogP contribution in [0, 0.1) is 5.82 Å². The summed E-state index contributed by atoms with van der Waals surface area (Å²) in [5.74, 6) is -0.243. The summed E-state index contributed by atoms with van der Waals surface area (Å²) in [6.45, 7) is 0.560. The highest BCUT2D eigenvalue weighted by molar-refractivity contribution is 7.10. The van der Waals surface area contributed by atoms with Crippen molar-refractivity contribution in [2.24, 2.45) is 0 Å². The zero-order valence-corrected chi connectivity index (χ0v) is 8.85. The van der Waals surface area contributed by atoms with Crippen LogP contribution < -0.4 is 11.1 Å². The highest BCUT2D eigenvalue weighted by Crippen LogP contribution is 2.21. The fourth-order valence-electron chi connectivity index (χ4n) is 1.27. The molecule has 0 aliphatic rings. The van der Waals surface area contributed by atoms with Gasteiger partial charge in [0.25, 0.3) is 0 Å². The largest absolute Gasteiger partial charge is 0.398 e. The average Bonchev–Trinajstić information content (AvgIpc) is 2.63. The molecule has 0 saturated carbocycles. The van der Waals surface area contributed by atoms with Crippen LogP contribution in [0.4, 0.5) is 15.8 Å². The quantitative estimate of drug-likeness (QED) is 0.837. The van der Waals surface area contributed by atoms with E-state index in [0.717, 1.165) is 10.6 Å². The molecule has 4 heteroatoms. The Morgan fingerprint density at radius 3 is 2.73 bits per heavy atom. The maximum Gasteiger partial charge on any atom is 0.146 e. The van der Waals surface area contributed by atoms with Crippen molar-refractivity contribution in [2.45, 2.75) is 6.54 Å². The van der Waals surface area contributed by atoms with E-state index < -0.39 is 0 Å². The van der Waals surface area contributed by atoms with Gasteiger partial charge in [0.05, 0.1) is 12.2 Å². The van der Waals surface area contributed by atoms with Crippen LogP contribution in [0.25, 0.3) is 0 Å². The number of anilines is 2. The lowest BCUT2D eigenvalue weighted by atomic mass is 10.3. The zero-order valence-electron chi connectivity index (χ0n) is 8.03. The SMILES string of the molecule is Nc1ccsc1CNc1ccccc1F. The number of hydrogen-bond acceptors (Lipinski definition) is 3. The Morgan fingerprint density at radius 2 is 2.07 bits per heavy atom. The van der Waals surface area contributed by atoms with Gasteiger partial charge < -0.3 is 11.1 Å². The molecule has 78 valence electrons. The maximum atomic E-state index is 13.2. The van der Waals surface area contributed by atoms with E-state index >= 15 is 0 Å². The molecule has 0 aliphatic heterocycles. The van der Waals surface area contributed by atoms with Crippen molar-refractivity contribution < 1.29 is 4.39 Å². The minimum absolute atomic E-state index is 0.243. The van der Waals surface area contributed by atoms with Gasteiger partial charge in [0, 0.05) is 10.6 Å². The molecule has 0 amide bonds. The van der Waals surface area contributed by atoms with Crippen molar-refractivity contribution in [2.75, 3.05) is 11.1 Å². The summed E-state index contributed by atoms with van der Waals surface area (Å²) >= 11 is 1.56. The topological polar surface area (TPSA) is 38.0 Å². The van der Waals surface area contributed by atoms with Crippen LogP contribution in [0.2, 0.25) is 0 Å². The molecule has 0 fully saturated rings. The Hall–Kier alpha value is -1.55. The Bertz CT molecular complexity index is 453. The first-order valence-corrected chi connectivity index (χ1v) is 5.45. The molecule has 0 spiro atoms. The minimum atomic E-state index is -0.243. The Balaban J connectivity index is 2.06. The molecule has 0 unspecified atom stereocenters. The van der Waals surface area contributed by atoms with Gasteiger partial charge in [0.15, 0.2) is 0 Å². The lowest BCUT2D eigenvalue weighted by molar-refractivity contribution is 0.630. The maximum absolute atomic E-state index is 13.2. The minimum Gasteiger partial charge on any atom is -0.398 e. The molecule has 2 rings (SSSR count). The number of nitrogen functional groups attached to an aromatic ring is 1. The second-order valence-corrected chi connectivity index (χ2v) is 4.13. The van der Waals surface area contributed by atoms with Gasteiger partial charge in [-0.25, -0.2) is 4.39 Å². The van der Waals surface area contributed by atoms with Gasteiger partial charge >= 0.3 is 0 Å². The van der Waals surface area contributed by atoms with E-state index in [1.807, 2.05) is 11.4 Å². The molecule has 1 aromatic heterocycles. The molecule has 0 atom stereocenters. The molecule has 0 radical (unpaired) electrons. The summed E-state index contributed by atoms with van der Waals surface area (Å²) in [6.07, 6.45) is 0. The number of rotatable bonds is 3. The van der Waals surface area contributed by atoms with E-state index in [-0.39, 0.29) is 5.82 Å². The molecule has 0 saturated heterocycles. The first kappa shape index (κ1) is 9.98. The van der Waals surface area contributed by atoms with Gasteiger partial charge in [-0.15, -0.1) is 11.3 Å². The van der Waals surface area contributed by atoms with E-state index in [2.05, 4.69) is 5.32 Å². The van der Waals surface area contributed by atoms with Crippen LogP contribution in [-0.2, 0) is 6.54 Å². The number of para-hydroxylation sites is 1.